The first kappa shape index (κ1) is 21.6. The number of carbonyl (C=O) groups excluding carboxylic acids is 1. The molecular formula is C15H29N5O4S. The van der Waals surface area contributed by atoms with Crippen molar-refractivity contribution in [3.8, 4) is 0 Å². The predicted molar refractivity (Wildman–Crippen MR) is 96.2 cm³/mol. The monoisotopic (exact) mass is 375 g/mol. The van der Waals surface area contributed by atoms with Crippen LogP contribution in [0.2, 0.25) is 0 Å². The lowest BCUT2D eigenvalue weighted by atomic mass is 9.94. The number of hydrogen-bond donors (Lipinski definition) is 2. The first-order valence-corrected chi connectivity index (χ1v) is 9.44. The summed E-state index contributed by atoms with van der Waals surface area (Å²) in [5.74, 6) is 0.475. The number of amides is 1. The van der Waals surface area contributed by atoms with E-state index in [9.17, 15) is 13.2 Å². The molecule has 0 aliphatic rings. The molecule has 1 amide bonds. The van der Waals surface area contributed by atoms with Crippen molar-refractivity contribution in [1.29, 1.82) is 0 Å². The number of carbonyl (C=O) groups is 1. The maximum atomic E-state index is 11.0. The maximum Gasteiger partial charge on any atom is 0.333 e. The topological polar surface area (TPSA) is 120 Å². The standard InChI is InChI=1S/C15H29N5O4S/c1-14(2,3)9-19(6-7-24-25(16,22)23)10-15(4,5)20-8-13(17-11-20)18-12-21/h8,11-12H,6-7,9-10H2,1-5H3,(H,18,21)(H2,16,22,23). The Kier molecular flexibility index (Phi) is 7.12. The molecule has 0 aromatic carbocycles. The van der Waals surface area contributed by atoms with E-state index in [0.717, 1.165) is 6.54 Å². The molecule has 1 aromatic rings. The van der Waals surface area contributed by atoms with Crippen LogP contribution in [0, 0.1) is 5.41 Å². The van der Waals surface area contributed by atoms with Gasteiger partial charge in [0.05, 0.1) is 18.5 Å². The lowest BCUT2D eigenvalue weighted by Crippen LogP contribution is -2.45. The van der Waals surface area contributed by atoms with E-state index in [1.807, 2.05) is 18.4 Å². The van der Waals surface area contributed by atoms with Crippen LogP contribution in [0.25, 0.3) is 0 Å². The fourth-order valence-electron chi connectivity index (χ4n) is 2.58. The Morgan fingerprint density at radius 1 is 1.32 bits per heavy atom. The zero-order chi connectivity index (χ0) is 19.3. The molecule has 144 valence electrons. The van der Waals surface area contributed by atoms with Crippen molar-refractivity contribution in [2.24, 2.45) is 10.6 Å². The van der Waals surface area contributed by atoms with Crippen molar-refractivity contribution >= 4 is 22.5 Å². The smallest absolute Gasteiger partial charge is 0.328 e. The number of aromatic nitrogens is 2. The van der Waals surface area contributed by atoms with Gasteiger partial charge in [-0.25, -0.2) is 10.1 Å². The van der Waals surface area contributed by atoms with Gasteiger partial charge in [-0.15, -0.1) is 0 Å². The van der Waals surface area contributed by atoms with Crippen LogP contribution in [0.5, 0.6) is 0 Å². The summed E-state index contributed by atoms with van der Waals surface area (Å²) in [6, 6.07) is 0. The third-order valence-corrected chi connectivity index (χ3v) is 3.95. The van der Waals surface area contributed by atoms with E-state index in [-0.39, 0.29) is 17.6 Å². The van der Waals surface area contributed by atoms with Crippen LogP contribution in [0.4, 0.5) is 5.82 Å². The molecule has 0 bridgehead atoms. The SMILES string of the molecule is CC(C)(C)CN(CCOS(N)(=O)=O)CC(C)(C)n1cnc(NC=O)c1. The molecule has 25 heavy (non-hydrogen) atoms. The molecular weight excluding hydrogens is 346 g/mol. The van der Waals surface area contributed by atoms with Crippen LogP contribution in [0.3, 0.4) is 0 Å². The molecule has 1 heterocycles. The van der Waals surface area contributed by atoms with E-state index in [1.54, 1.807) is 12.5 Å². The lowest BCUT2D eigenvalue weighted by Gasteiger charge is -2.37. The average Bonchev–Trinajstić information content (AvgIpc) is 2.84. The van der Waals surface area contributed by atoms with Gasteiger partial charge in [-0.05, 0) is 19.3 Å². The predicted octanol–water partition coefficient (Wildman–Crippen LogP) is 0.755. The van der Waals surface area contributed by atoms with E-state index in [2.05, 4.69) is 40.2 Å². The second-order valence-electron chi connectivity index (χ2n) is 7.83. The van der Waals surface area contributed by atoms with Crippen LogP contribution < -0.4 is 10.5 Å². The van der Waals surface area contributed by atoms with Gasteiger partial charge in [-0.3, -0.25) is 13.9 Å². The van der Waals surface area contributed by atoms with E-state index >= 15 is 0 Å². The zero-order valence-electron chi connectivity index (χ0n) is 15.5. The van der Waals surface area contributed by atoms with Gasteiger partial charge in [-0.1, -0.05) is 20.8 Å². The fraction of sp³-hybridized carbons (Fsp3) is 0.733. The Balaban J connectivity index is 2.83. The highest BCUT2D eigenvalue weighted by molar-refractivity contribution is 7.84. The van der Waals surface area contributed by atoms with E-state index in [0.29, 0.717) is 25.3 Å². The normalized spacial score (nSPS) is 13.2. The Hall–Kier alpha value is -1.49. The van der Waals surface area contributed by atoms with Crippen LogP contribution in [0.15, 0.2) is 12.5 Å². The van der Waals surface area contributed by atoms with Crippen LogP contribution >= 0.6 is 0 Å². The van der Waals surface area contributed by atoms with E-state index in [1.165, 1.54) is 0 Å². The second kappa shape index (κ2) is 8.26. The number of rotatable bonds is 10. The van der Waals surface area contributed by atoms with Gasteiger partial charge < -0.3 is 9.88 Å². The highest BCUT2D eigenvalue weighted by atomic mass is 32.2. The molecule has 0 radical (unpaired) electrons. The third kappa shape index (κ3) is 8.43. The van der Waals surface area contributed by atoms with Crippen molar-refractivity contribution in [3.05, 3.63) is 12.5 Å². The second-order valence-corrected chi connectivity index (χ2v) is 9.05. The first-order chi connectivity index (χ1) is 11.3. The highest BCUT2D eigenvalue weighted by Crippen LogP contribution is 2.22. The number of imidazole rings is 1. The minimum absolute atomic E-state index is 0.00707. The number of nitrogens with one attached hydrogen (secondary N) is 1. The molecule has 1 rings (SSSR count). The molecule has 9 nitrogen and oxygen atoms in total. The Morgan fingerprint density at radius 2 is 1.96 bits per heavy atom. The molecule has 0 saturated heterocycles. The lowest BCUT2D eigenvalue weighted by molar-refractivity contribution is -0.105. The van der Waals surface area contributed by atoms with Crippen LogP contribution in [-0.4, -0.2) is 55.5 Å². The van der Waals surface area contributed by atoms with Gasteiger partial charge in [0.25, 0.3) is 0 Å². The van der Waals surface area contributed by atoms with Crippen molar-refractivity contribution in [3.63, 3.8) is 0 Å². The molecule has 10 heteroatoms. The quantitative estimate of drug-likeness (QED) is 0.583. The van der Waals surface area contributed by atoms with Gasteiger partial charge in [0.2, 0.25) is 6.41 Å². The molecule has 0 atom stereocenters. The maximum absolute atomic E-state index is 11.0. The largest absolute Gasteiger partial charge is 0.333 e. The van der Waals surface area contributed by atoms with Gasteiger partial charge in [0, 0.05) is 25.8 Å². The minimum Gasteiger partial charge on any atom is -0.328 e. The van der Waals surface area contributed by atoms with E-state index in [4.69, 9.17) is 5.14 Å². The molecule has 0 saturated carbocycles. The summed E-state index contributed by atoms with van der Waals surface area (Å²) in [6.07, 6.45) is 3.99. The van der Waals surface area contributed by atoms with Crippen molar-refractivity contribution in [2.45, 2.75) is 40.2 Å². The number of nitrogens with zero attached hydrogens (tertiary/aromatic N) is 3. The summed E-state index contributed by atoms with van der Waals surface area (Å²) < 4.78 is 28.5. The Morgan fingerprint density at radius 3 is 2.48 bits per heavy atom. The summed E-state index contributed by atoms with van der Waals surface area (Å²) in [6.45, 7) is 12.2. The summed E-state index contributed by atoms with van der Waals surface area (Å²) in [7, 11) is -3.95. The van der Waals surface area contributed by atoms with Crippen LogP contribution in [0.1, 0.15) is 34.6 Å². The highest BCUT2D eigenvalue weighted by Gasteiger charge is 2.26. The minimum atomic E-state index is -3.95. The zero-order valence-corrected chi connectivity index (χ0v) is 16.3. The van der Waals surface area contributed by atoms with Gasteiger partial charge in [0.15, 0.2) is 5.82 Å². The Bertz CT molecular complexity index is 664. The number of nitrogens with two attached hydrogens (primary N) is 1. The van der Waals surface area contributed by atoms with Crippen LogP contribution in [-0.2, 0) is 24.8 Å². The summed E-state index contributed by atoms with van der Waals surface area (Å²) in [5.41, 5.74) is -0.306. The number of hydrogen-bond acceptors (Lipinski definition) is 6. The summed E-state index contributed by atoms with van der Waals surface area (Å²) >= 11 is 0. The molecule has 0 spiro atoms. The number of anilines is 1. The molecule has 1 aromatic heterocycles. The van der Waals surface area contributed by atoms with Gasteiger partial charge in [-0.2, -0.15) is 8.42 Å². The fourth-order valence-corrected chi connectivity index (χ4v) is 2.89. The molecule has 0 fully saturated rings. The molecule has 0 aliphatic heterocycles. The third-order valence-electron chi connectivity index (χ3n) is 3.45. The van der Waals surface area contributed by atoms with Crippen molar-refractivity contribution < 1.29 is 17.4 Å². The molecule has 0 aliphatic carbocycles. The van der Waals surface area contributed by atoms with E-state index < -0.39 is 10.3 Å². The van der Waals surface area contributed by atoms with Crippen molar-refractivity contribution in [2.75, 3.05) is 31.6 Å². The molecule has 0 unspecified atom stereocenters. The first-order valence-electron chi connectivity index (χ1n) is 7.97. The summed E-state index contributed by atoms with van der Waals surface area (Å²) in [4.78, 5) is 16.8. The van der Waals surface area contributed by atoms with Gasteiger partial charge >= 0.3 is 10.3 Å². The average molecular weight is 375 g/mol. The summed E-state index contributed by atoms with van der Waals surface area (Å²) in [5, 5.41) is 7.40. The van der Waals surface area contributed by atoms with Gasteiger partial charge in [0.1, 0.15) is 0 Å². The molecule has 3 N–H and O–H groups in total. The van der Waals surface area contributed by atoms with Crippen molar-refractivity contribution in [1.82, 2.24) is 14.5 Å². The Labute approximate surface area is 149 Å².